The van der Waals surface area contributed by atoms with Gasteiger partial charge in [-0.15, -0.1) is 0 Å². The molecule has 4 rings (SSSR count). The first-order valence-electron chi connectivity index (χ1n) is 11.3. The van der Waals surface area contributed by atoms with E-state index in [1.165, 1.54) is 31.8 Å². The maximum atomic E-state index is 12.1. The van der Waals surface area contributed by atoms with Crippen LogP contribution in [0.4, 0.5) is 4.79 Å². The number of nitrogens with one attached hydrogen (secondary N) is 1. The number of aliphatic carboxylic acids is 1. The van der Waals surface area contributed by atoms with Gasteiger partial charge in [-0.25, -0.2) is 0 Å². The lowest BCUT2D eigenvalue weighted by Crippen LogP contribution is -2.17. The first-order valence-corrected chi connectivity index (χ1v) is 12.5. The lowest BCUT2D eigenvalue weighted by atomic mass is 10.0. The third kappa shape index (κ3) is 7.89. The quantitative estimate of drug-likeness (QED) is 0.292. The van der Waals surface area contributed by atoms with Gasteiger partial charge in [-0.05, 0) is 67.0 Å². The van der Waals surface area contributed by atoms with Crippen LogP contribution >= 0.6 is 23.4 Å². The highest BCUT2D eigenvalue weighted by Crippen LogP contribution is 2.34. The molecule has 0 spiro atoms. The van der Waals surface area contributed by atoms with E-state index in [9.17, 15) is 19.2 Å². The van der Waals surface area contributed by atoms with E-state index in [1.807, 2.05) is 0 Å². The molecular weight excluding hydrogens is 466 g/mol. The second-order valence-electron chi connectivity index (χ2n) is 8.59. The summed E-state index contributed by atoms with van der Waals surface area (Å²) in [6, 6.07) is 5.00. The number of thioether (sulfide) groups is 1. The van der Waals surface area contributed by atoms with E-state index in [0.29, 0.717) is 30.2 Å². The van der Waals surface area contributed by atoms with Crippen LogP contribution in [0.5, 0.6) is 5.75 Å². The molecule has 1 aromatic carbocycles. The van der Waals surface area contributed by atoms with E-state index >= 15 is 0 Å². The van der Waals surface area contributed by atoms with Crippen molar-refractivity contribution in [3.05, 3.63) is 33.7 Å². The zero-order chi connectivity index (χ0) is 23.8. The van der Waals surface area contributed by atoms with E-state index in [0.717, 1.165) is 37.4 Å². The standard InChI is InChI=1S/C17H16ClNO4S.C7H12O2/c18-15-11(9-13-16(21)19-17(22)24-13)6-3-7-12(15)23-14(20)8-10-4-1-2-5-10;8-7(9)5-6-3-1-2-4-6/h3,6-7,9-10H,1-2,4-5,8H2,(H,19,21,22);6H,1-5H2,(H,8,9)/b13-9-;. The molecule has 2 amide bonds. The van der Waals surface area contributed by atoms with E-state index in [1.54, 1.807) is 18.2 Å². The molecule has 0 bridgehead atoms. The Kier molecular flexibility index (Phi) is 9.38. The fraction of sp³-hybridized carbons (Fsp3) is 0.500. The van der Waals surface area contributed by atoms with E-state index < -0.39 is 17.1 Å². The molecule has 9 heteroatoms. The molecule has 3 aliphatic rings. The van der Waals surface area contributed by atoms with Crippen LogP contribution in [0, 0.1) is 11.8 Å². The fourth-order valence-electron chi connectivity index (χ4n) is 4.36. The third-order valence-corrected chi connectivity index (χ3v) is 7.23. The van der Waals surface area contributed by atoms with Crippen LogP contribution in [-0.2, 0) is 14.4 Å². The average Bonchev–Trinajstić information content (AvgIpc) is 3.49. The second-order valence-corrected chi connectivity index (χ2v) is 9.98. The van der Waals surface area contributed by atoms with Crippen molar-refractivity contribution in [2.45, 2.75) is 64.2 Å². The van der Waals surface area contributed by atoms with Crippen molar-refractivity contribution in [1.82, 2.24) is 5.32 Å². The van der Waals surface area contributed by atoms with Gasteiger partial charge in [-0.3, -0.25) is 24.5 Å². The molecule has 3 fully saturated rings. The van der Waals surface area contributed by atoms with Gasteiger partial charge in [0, 0.05) is 12.8 Å². The summed E-state index contributed by atoms with van der Waals surface area (Å²) in [5, 5.41) is 10.4. The summed E-state index contributed by atoms with van der Waals surface area (Å²) in [4.78, 5) is 45.3. The lowest BCUT2D eigenvalue weighted by molar-refractivity contribution is -0.138. The van der Waals surface area contributed by atoms with Gasteiger partial charge >= 0.3 is 11.9 Å². The van der Waals surface area contributed by atoms with Crippen molar-refractivity contribution >= 4 is 52.5 Å². The zero-order valence-electron chi connectivity index (χ0n) is 18.3. The molecule has 2 saturated carbocycles. The predicted octanol–water partition coefficient (Wildman–Crippen LogP) is 5.80. The van der Waals surface area contributed by atoms with Crippen molar-refractivity contribution in [3.8, 4) is 5.75 Å². The first-order chi connectivity index (χ1) is 15.8. The van der Waals surface area contributed by atoms with Crippen molar-refractivity contribution < 1.29 is 29.0 Å². The Balaban J connectivity index is 0.000000286. The van der Waals surface area contributed by atoms with Crippen molar-refractivity contribution in [1.29, 1.82) is 0 Å². The summed E-state index contributed by atoms with van der Waals surface area (Å²) in [5.74, 6) is -0.235. The molecular formula is C24H28ClNO6S. The van der Waals surface area contributed by atoms with Crippen LogP contribution < -0.4 is 10.1 Å². The Labute approximate surface area is 202 Å². The van der Waals surface area contributed by atoms with E-state index in [2.05, 4.69) is 5.32 Å². The van der Waals surface area contributed by atoms with E-state index in [4.69, 9.17) is 21.4 Å². The molecule has 0 aromatic heterocycles. The number of ether oxygens (including phenoxy) is 1. The number of rotatable bonds is 6. The Morgan fingerprint density at radius 2 is 1.67 bits per heavy atom. The molecule has 1 saturated heterocycles. The van der Waals surface area contributed by atoms with Gasteiger partial charge in [-0.2, -0.15) is 0 Å². The Hall–Kier alpha value is -2.32. The number of amides is 2. The molecule has 0 radical (unpaired) electrons. The average molecular weight is 494 g/mol. The van der Waals surface area contributed by atoms with Crippen LogP contribution in [0.25, 0.3) is 6.08 Å². The molecule has 1 aliphatic heterocycles. The van der Waals surface area contributed by atoms with Gasteiger partial charge in [0.15, 0.2) is 0 Å². The molecule has 33 heavy (non-hydrogen) atoms. The Bertz CT molecular complexity index is 935. The minimum absolute atomic E-state index is 0.248. The van der Waals surface area contributed by atoms with Crippen LogP contribution in [0.1, 0.15) is 69.8 Å². The minimum Gasteiger partial charge on any atom is -0.481 e. The monoisotopic (exact) mass is 493 g/mol. The number of carbonyl (C=O) groups excluding carboxylic acids is 3. The van der Waals surface area contributed by atoms with Crippen molar-refractivity contribution in [3.63, 3.8) is 0 Å². The second kappa shape index (κ2) is 12.2. The van der Waals surface area contributed by atoms with Crippen LogP contribution in [0.2, 0.25) is 5.02 Å². The number of carboxylic acid groups (broad SMARTS) is 1. The van der Waals surface area contributed by atoms with Crippen LogP contribution in [-0.4, -0.2) is 28.2 Å². The smallest absolute Gasteiger partial charge is 0.311 e. The van der Waals surface area contributed by atoms with Gasteiger partial charge in [0.25, 0.3) is 11.1 Å². The summed E-state index contributed by atoms with van der Waals surface area (Å²) < 4.78 is 5.39. The summed E-state index contributed by atoms with van der Waals surface area (Å²) in [6.07, 6.45) is 11.5. The minimum atomic E-state index is -0.637. The molecule has 1 aromatic rings. The number of carbonyl (C=O) groups is 4. The highest BCUT2D eigenvalue weighted by atomic mass is 35.5. The SMILES string of the molecule is O=C(CC1CCCC1)Oc1cccc(/C=C2\SC(=O)NC2=O)c1Cl.O=C(O)CC1CCCC1. The normalized spacial score (nSPS) is 20.0. The third-order valence-electron chi connectivity index (χ3n) is 6.01. The summed E-state index contributed by atoms with van der Waals surface area (Å²) in [7, 11) is 0. The molecule has 178 valence electrons. The summed E-state index contributed by atoms with van der Waals surface area (Å²) in [6.45, 7) is 0. The number of esters is 1. The topological polar surface area (TPSA) is 110 Å². The number of hydrogen-bond acceptors (Lipinski definition) is 6. The maximum Gasteiger partial charge on any atom is 0.311 e. The molecule has 2 aliphatic carbocycles. The molecule has 2 N–H and O–H groups in total. The largest absolute Gasteiger partial charge is 0.481 e. The van der Waals surface area contributed by atoms with Gasteiger partial charge < -0.3 is 9.84 Å². The fourth-order valence-corrected chi connectivity index (χ4v) is 5.25. The zero-order valence-corrected chi connectivity index (χ0v) is 19.9. The predicted molar refractivity (Wildman–Crippen MR) is 127 cm³/mol. The summed E-state index contributed by atoms with van der Waals surface area (Å²) >= 11 is 7.10. The number of imide groups is 1. The van der Waals surface area contributed by atoms with Gasteiger partial charge in [-0.1, -0.05) is 49.4 Å². The molecule has 0 atom stereocenters. The van der Waals surface area contributed by atoms with Crippen LogP contribution in [0.3, 0.4) is 0 Å². The molecule has 0 unspecified atom stereocenters. The number of hydrogen-bond donors (Lipinski definition) is 2. The summed E-state index contributed by atoms with van der Waals surface area (Å²) in [5.41, 5.74) is 0.523. The first kappa shape index (κ1) is 25.3. The highest BCUT2D eigenvalue weighted by molar-refractivity contribution is 8.18. The van der Waals surface area contributed by atoms with Gasteiger partial charge in [0.1, 0.15) is 5.75 Å². The molecule has 1 heterocycles. The highest BCUT2D eigenvalue weighted by Gasteiger charge is 2.26. The number of benzene rings is 1. The van der Waals surface area contributed by atoms with E-state index in [-0.39, 0.29) is 21.6 Å². The van der Waals surface area contributed by atoms with Crippen LogP contribution in [0.15, 0.2) is 23.1 Å². The number of halogens is 1. The maximum absolute atomic E-state index is 12.1. The van der Waals surface area contributed by atoms with Crippen molar-refractivity contribution in [2.75, 3.05) is 0 Å². The number of carboxylic acids is 1. The lowest BCUT2D eigenvalue weighted by Gasteiger charge is -2.11. The van der Waals surface area contributed by atoms with Crippen molar-refractivity contribution in [2.24, 2.45) is 11.8 Å². The van der Waals surface area contributed by atoms with Gasteiger partial charge in [0.05, 0.1) is 9.93 Å². The Morgan fingerprint density at radius 1 is 1.06 bits per heavy atom. The van der Waals surface area contributed by atoms with Gasteiger partial charge in [0.2, 0.25) is 0 Å². The Morgan fingerprint density at radius 3 is 2.21 bits per heavy atom. The molecule has 7 nitrogen and oxygen atoms in total.